The van der Waals surface area contributed by atoms with Gasteiger partial charge in [-0.25, -0.2) is 12.8 Å². The van der Waals surface area contributed by atoms with Crippen molar-refractivity contribution in [3.8, 4) is 34.8 Å². The summed E-state index contributed by atoms with van der Waals surface area (Å²) in [6.07, 6.45) is -1.53. The minimum Gasteiger partial charge on any atom is -0.494 e. The van der Waals surface area contributed by atoms with Crippen LogP contribution in [-0.4, -0.2) is 47.8 Å². The molecule has 0 bridgehead atoms. The van der Waals surface area contributed by atoms with Crippen LogP contribution >= 0.6 is 0 Å². The predicted molar refractivity (Wildman–Crippen MR) is 135 cm³/mol. The van der Waals surface area contributed by atoms with Crippen LogP contribution in [0.25, 0.3) is 17.3 Å². The fourth-order valence-electron chi connectivity index (χ4n) is 4.00. The van der Waals surface area contributed by atoms with E-state index in [1.54, 1.807) is 43.3 Å². The lowest BCUT2D eigenvalue weighted by Crippen LogP contribution is -2.28. The maximum Gasteiger partial charge on any atom is 0.204 e. The number of sulfone groups is 1. The largest absolute Gasteiger partial charge is 0.494 e. The Morgan fingerprint density at radius 3 is 2.39 bits per heavy atom. The maximum absolute atomic E-state index is 13.8. The van der Waals surface area contributed by atoms with Crippen LogP contribution < -0.4 is 9.47 Å². The zero-order chi connectivity index (χ0) is 27.6. The van der Waals surface area contributed by atoms with Crippen LogP contribution in [0, 0.1) is 24.1 Å². The van der Waals surface area contributed by atoms with Crippen LogP contribution in [0.4, 0.5) is 4.39 Å². The number of hydrogen-bond donors (Lipinski definition) is 1. The molecule has 10 nitrogen and oxygen atoms in total. The lowest BCUT2D eigenvalue weighted by molar-refractivity contribution is 0.175. The van der Waals surface area contributed by atoms with Crippen molar-refractivity contribution in [3.63, 3.8) is 0 Å². The molecular formula is C26H25FN4O6S. The van der Waals surface area contributed by atoms with Gasteiger partial charge in [0.15, 0.2) is 21.4 Å². The summed E-state index contributed by atoms with van der Waals surface area (Å²) in [5.41, 5.74) is 0.160. The first kappa shape index (κ1) is 26.8. The summed E-state index contributed by atoms with van der Waals surface area (Å²) in [7, 11) is -1.16. The fraction of sp³-hybridized carbons (Fsp3) is 0.269. The molecule has 0 spiro atoms. The quantitative estimate of drug-likeness (QED) is 0.335. The molecule has 0 aliphatic carbocycles. The van der Waals surface area contributed by atoms with Gasteiger partial charge < -0.3 is 19.0 Å². The van der Waals surface area contributed by atoms with E-state index in [2.05, 4.69) is 10.2 Å². The Balaban J connectivity index is 1.81. The van der Waals surface area contributed by atoms with Crippen LogP contribution in [0.3, 0.4) is 0 Å². The number of furan rings is 1. The Bertz CT molecular complexity index is 1600. The van der Waals surface area contributed by atoms with Crippen LogP contribution in [0.15, 0.2) is 52.9 Å². The van der Waals surface area contributed by atoms with Crippen molar-refractivity contribution in [1.82, 2.24) is 14.8 Å². The highest BCUT2D eigenvalue weighted by molar-refractivity contribution is 7.91. The molecule has 4 rings (SSSR count). The van der Waals surface area contributed by atoms with E-state index in [4.69, 9.17) is 19.2 Å². The monoisotopic (exact) mass is 540 g/mol. The summed E-state index contributed by atoms with van der Waals surface area (Å²) >= 11 is 0. The smallest absolute Gasteiger partial charge is 0.204 e. The maximum atomic E-state index is 13.8. The third kappa shape index (κ3) is 4.98. The Morgan fingerprint density at radius 2 is 1.82 bits per heavy atom. The summed E-state index contributed by atoms with van der Waals surface area (Å²) in [5, 5.41) is 27.0. The molecule has 2 aromatic carbocycles. The number of ether oxygens (including phenoxy) is 2. The Kier molecular flexibility index (Phi) is 7.52. The number of aryl methyl sites for hydroxylation is 1. The second kappa shape index (κ2) is 10.6. The molecule has 0 saturated heterocycles. The first-order valence-electron chi connectivity index (χ1n) is 11.4. The van der Waals surface area contributed by atoms with Gasteiger partial charge >= 0.3 is 0 Å². The zero-order valence-electron chi connectivity index (χ0n) is 21.0. The minimum atomic E-state index is -4.09. The molecule has 2 atom stereocenters. The van der Waals surface area contributed by atoms with E-state index in [1.807, 2.05) is 0 Å². The molecule has 0 saturated carbocycles. The van der Waals surface area contributed by atoms with Crippen molar-refractivity contribution in [2.75, 3.05) is 14.2 Å². The molecule has 0 aliphatic heterocycles. The molecule has 0 amide bonds. The lowest BCUT2D eigenvalue weighted by atomic mass is 10.0. The fourth-order valence-corrected chi connectivity index (χ4v) is 5.36. The number of aliphatic hydroxyl groups excluding tert-OH is 1. The van der Waals surface area contributed by atoms with Gasteiger partial charge in [0.2, 0.25) is 5.82 Å². The molecule has 0 aliphatic rings. The molecule has 0 radical (unpaired) electrons. The van der Waals surface area contributed by atoms with E-state index in [-0.39, 0.29) is 22.8 Å². The van der Waals surface area contributed by atoms with Gasteiger partial charge in [0.1, 0.15) is 40.6 Å². The topological polar surface area (TPSA) is 140 Å². The number of aromatic nitrogens is 3. The van der Waals surface area contributed by atoms with Crippen molar-refractivity contribution in [1.29, 1.82) is 5.26 Å². The van der Waals surface area contributed by atoms with Crippen molar-refractivity contribution in [2.45, 2.75) is 31.0 Å². The average Bonchev–Trinajstić information content (AvgIpc) is 3.52. The minimum absolute atomic E-state index is 0.0210. The van der Waals surface area contributed by atoms with Crippen LogP contribution in [-0.2, 0) is 15.6 Å². The molecule has 12 heteroatoms. The SMILES string of the molecule is COc1cccc(OC)c1-n1c(CS(=O)(=O)[C@H](C)[C@@H](O)c2ccc(F)c(C#N)c2)nnc1-c1ccc(C)o1. The average molecular weight is 541 g/mol. The molecule has 2 aromatic heterocycles. The van der Waals surface area contributed by atoms with Crippen LogP contribution in [0.2, 0.25) is 0 Å². The first-order valence-corrected chi connectivity index (χ1v) is 13.1. The van der Waals surface area contributed by atoms with Gasteiger partial charge in [-0.15, -0.1) is 10.2 Å². The number of aliphatic hydroxyl groups is 1. The highest BCUT2D eigenvalue weighted by Crippen LogP contribution is 2.37. The number of para-hydroxylation sites is 1. The summed E-state index contributed by atoms with van der Waals surface area (Å²) < 4.78 is 59.1. The van der Waals surface area contributed by atoms with Crippen molar-refractivity contribution >= 4 is 9.84 Å². The van der Waals surface area contributed by atoms with Crippen LogP contribution in [0.1, 0.15) is 35.7 Å². The summed E-state index contributed by atoms with van der Waals surface area (Å²) in [4.78, 5) is 0. The van der Waals surface area contributed by atoms with Gasteiger partial charge in [-0.1, -0.05) is 12.1 Å². The predicted octanol–water partition coefficient (Wildman–Crippen LogP) is 3.90. The number of hydrogen-bond acceptors (Lipinski definition) is 9. The standard InChI is InChI=1S/C26H25FN4O6S/c1-15-8-11-22(37-15)26-30-29-23(31(26)24-20(35-3)6-5-7-21(24)36-4)14-38(33,34)16(2)25(32)17-9-10-19(27)18(12-17)13-28/h5-12,16,25,32H,14H2,1-4H3/t16-,25-/m1/s1. The van der Waals surface area contributed by atoms with Gasteiger partial charge in [-0.05, 0) is 55.8 Å². The Hall–Kier alpha value is -4.21. The van der Waals surface area contributed by atoms with Crippen molar-refractivity contribution < 1.29 is 31.8 Å². The Morgan fingerprint density at radius 1 is 1.13 bits per heavy atom. The molecular weight excluding hydrogens is 515 g/mol. The number of nitriles is 1. The molecule has 198 valence electrons. The highest BCUT2D eigenvalue weighted by Gasteiger charge is 2.33. The molecule has 2 heterocycles. The zero-order valence-corrected chi connectivity index (χ0v) is 21.9. The van der Waals surface area contributed by atoms with Crippen molar-refractivity contribution in [2.24, 2.45) is 0 Å². The second-order valence-electron chi connectivity index (χ2n) is 8.50. The van der Waals surface area contributed by atoms with E-state index in [0.717, 1.165) is 12.1 Å². The third-order valence-corrected chi connectivity index (χ3v) is 8.16. The highest BCUT2D eigenvalue weighted by atomic mass is 32.2. The number of halogens is 1. The van der Waals surface area contributed by atoms with E-state index in [9.17, 15) is 17.9 Å². The number of rotatable bonds is 9. The molecule has 0 unspecified atom stereocenters. The number of methoxy groups -OCH3 is 2. The third-order valence-electron chi connectivity index (χ3n) is 6.11. The van der Waals surface area contributed by atoms with Gasteiger partial charge in [0.05, 0.1) is 31.1 Å². The number of benzene rings is 2. The van der Waals surface area contributed by atoms with E-state index in [0.29, 0.717) is 28.7 Å². The van der Waals surface area contributed by atoms with E-state index >= 15 is 0 Å². The van der Waals surface area contributed by atoms with Gasteiger partial charge in [-0.3, -0.25) is 4.57 Å². The molecule has 4 aromatic rings. The molecule has 0 fully saturated rings. The second-order valence-corrected chi connectivity index (χ2v) is 10.9. The molecule has 38 heavy (non-hydrogen) atoms. The normalized spacial score (nSPS) is 13.1. The van der Waals surface area contributed by atoms with E-state index < -0.39 is 32.8 Å². The first-order chi connectivity index (χ1) is 18.1. The summed E-state index contributed by atoms with van der Waals surface area (Å²) in [6.45, 7) is 3.09. The lowest BCUT2D eigenvalue weighted by Gasteiger charge is -2.21. The van der Waals surface area contributed by atoms with E-state index in [1.165, 1.54) is 31.8 Å². The van der Waals surface area contributed by atoms with Gasteiger partial charge in [-0.2, -0.15) is 5.26 Å². The number of nitrogens with zero attached hydrogens (tertiary/aromatic N) is 4. The van der Waals surface area contributed by atoms with Gasteiger partial charge in [0.25, 0.3) is 0 Å². The summed E-state index contributed by atoms with van der Waals surface area (Å²) in [6, 6.07) is 13.6. The van der Waals surface area contributed by atoms with Crippen LogP contribution in [0.5, 0.6) is 11.5 Å². The Labute approximate surface area is 218 Å². The van der Waals surface area contributed by atoms with Gasteiger partial charge in [0, 0.05) is 0 Å². The summed E-state index contributed by atoms with van der Waals surface area (Å²) in [5.74, 6) is 0.554. The molecule has 1 N–H and O–H groups in total. The van der Waals surface area contributed by atoms with Crippen molar-refractivity contribution in [3.05, 3.63) is 77.1 Å².